The minimum atomic E-state index is -3.33. The summed E-state index contributed by atoms with van der Waals surface area (Å²) in [7, 11) is -1.67. The lowest BCUT2D eigenvalue weighted by Gasteiger charge is -2.36. The van der Waals surface area contributed by atoms with Gasteiger partial charge in [-0.25, -0.2) is 13.4 Å². The van der Waals surface area contributed by atoms with Gasteiger partial charge in [0.2, 0.25) is 15.0 Å². The van der Waals surface area contributed by atoms with E-state index < -0.39 is 9.84 Å². The van der Waals surface area contributed by atoms with Gasteiger partial charge in [-0.05, 0) is 20.3 Å². The van der Waals surface area contributed by atoms with E-state index >= 15 is 0 Å². The Kier molecular flexibility index (Phi) is 6.79. The topological polar surface area (TPSA) is 67.7 Å². The Bertz CT molecular complexity index is 619. The van der Waals surface area contributed by atoms with Gasteiger partial charge in [0.25, 0.3) is 0 Å². The summed E-state index contributed by atoms with van der Waals surface area (Å²) in [6, 6.07) is 0.573. The summed E-state index contributed by atoms with van der Waals surface area (Å²) in [5.74, 6) is 0. The summed E-state index contributed by atoms with van der Waals surface area (Å²) in [5, 5.41) is 0.161. The van der Waals surface area contributed by atoms with Crippen LogP contribution < -0.4 is 0 Å². The van der Waals surface area contributed by atoms with Crippen LogP contribution in [0, 0.1) is 0 Å². The molecule has 1 aliphatic rings. The van der Waals surface area contributed by atoms with Crippen molar-refractivity contribution in [1.82, 2.24) is 19.4 Å². The Balaban J connectivity index is 2.08. The number of nitrogens with zero attached hydrogens (tertiary/aromatic N) is 4. The number of aromatic nitrogens is 2. The van der Waals surface area contributed by atoms with Crippen LogP contribution in [0.25, 0.3) is 0 Å². The molecule has 2 heterocycles. The normalized spacial score (nSPS) is 17.7. The van der Waals surface area contributed by atoms with Crippen LogP contribution in [-0.2, 0) is 27.7 Å². The molecule has 0 aromatic carbocycles. The average molecular weight is 359 g/mol. The molecule has 1 saturated heterocycles. The quantitative estimate of drug-likeness (QED) is 0.642. The molecule has 0 bridgehead atoms. The SMILES string of the molecule is COCCCn1c(CN2CCN(C(C)C)CC2)cnc1S(C)(=O)=O. The van der Waals surface area contributed by atoms with E-state index in [9.17, 15) is 8.42 Å². The van der Waals surface area contributed by atoms with E-state index in [1.807, 2.05) is 4.57 Å². The van der Waals surface area contributed by atoms with E-state index in [1.54, 1.807) is 13.3 Å². The maximum Gasteiger partial charge on any atom is 0.227 e. The molecule has 0 radical (unpaired) electrons. The van der Waals surface area contributed by atoms with Gasteiger partial charge in [-0.1, -0.05) is 0 Å². The zero-order valence-corrected chi connectivity index (χ0v) is 16.0. The summed E-state index contributed by atoms with van der Waals surface area (Å²) in [5.41, 5.74) is 0.963. The molecule has 0 saturated carbocycles. The standard InChI is InChI=1S/C16H30N4O3S/c1-14(2)19-9-7-18(8-10-19)13-15-12-17-16(24(4,21)22)20(15)6-5-11-23-3/h12,14H,5-11,13H2,1-4H3. The maximum atomic E-state index is 12.0. The van der Waals surface area contributed by atoms with E-state index in [0.29, 0.717) is 19.2 Å². The second kappa shape index (κ2) is 8.42. The molecule has 2 rings (SSSR count). The summed E-state index contributed by atoms with van der Waals surface area (Å²) in [6.45, 7) is 10.5. The second-order valence-corrected chi connectivity index (χ2v) is 8.62. The maximum absolute atomic E-state index is 12.0. The molecule has 138 valence electrons. The minimum Gasteiger partial charge on any atom is -0.385 e. The van der Waals surface area contributed by atoms with Crippen LogP contribution in [0.5, 0.6) is 0 Å². The number of rotatable bonds is 8. The van der Waals surface area contributed by atoms with E-state index in [2.05, 4.69) is 28.6 Å². The third-order valence-corrected chi connectivity index (χ3v) is 5.48. The highest BCUT2D eigenvalue weighted by atomic mass is 32.2. The molecule has 1 fully saturated rings. The highest BCUT2D eigenvalue weighted by Gasteiger charge is 2.23. The molecule has 0 aliphatic carbocycles. The zero-order chi connectivity index (χ0) is 17.7. The van der Waals surface area contributed by atoms with Gasteiger partial charge in [0, 0.05) is 65.3 Å². The molecule has 0 amide bonds. The van der Waals surface area contributed by atoms with Crippen molar-refractivity contribution in [2.75, 3.05) is 46.2 Å². The van der Waals surface area contributed by atoms with Gasteiger partial charge in [-0.3, -0.25) is 9.80 Å². The largest absolute Gasteiger partial charge is 0.385 e. The molecule has 8 heteroatoms. The van der Waals surface area contributed by atoms with Crippen LogP contribution in [-0.4, -0.2) is 80.0 Å². The molecule has 0 atom stereocenters. The molecule has 1 aromatic heterocycles. The summed E-state index contributed by atoms with van der Waals surface area (Å²) in [6.07, 6.45) is 3.69. The molecular weight excluding hydrogens is 328 g/mol. The monoisotopic (exact) mass is 358 g/mol. The van der Waals surface area contributed by atoms with Crippen molar-refractivity contribution in [2.24, 2.45) is 0 Å². The van der Waals surface area contributed by atoms with Crippen molar-refractivity contribution >= 4 is 9.84 Å². The number of hydrogen-bond acceptors (Lipinski definition) is 6. The molecule has 0 N–H and O–H groups in total. The summed E-state index contributed by atoms with van der Waals surface area (Å²) < 4.78 is 30.9. The van der Waals surface area contributed by atoms with Gasteiger partial charge < -0.3 is 9.30 Å². The van der Waals surface area contributed by atoms with Gasteiger partial charge in [-0.2, -0.15) is 0 Å². The smallest absolute Gasteiger partial charge is 0.227 e. The van der Waals surface area contributed by atoms with Gasteiger partial charge >= 0.3 is 0 Å². The number of methoxy groups -OCH3 is 1. The molecule has 1 aliphatic heterocycles. The fourth-order valence-electron chi connectivity index (χ4n) is 3.09. The Hall–Kier alpha value is -0.960. The lowest BCUT2D eigenvalue weighted by molar-refractivity contribution is 0.102. The predicted octanol–water partition coefficient (Wildman–Crippen LogP) is 0.849. The minimum absolute atomic E-state index is 0.161. The van der Waals surface area contributed by atoms with E-state index in [4.69, 9.17) is 4.74 Å². The van der Waals surface area contributed by atoms with Crippen molar-refractivity contribution in [3.05, 3.63) is 11.9 Å². The lowest BCUT2D eigenvalue weighted by atomic mass is 10.2. The van der Waals surface area contributed by atoms with Crippen molar-refractivity contribution in [3.63, 3.8) is 0 Å². The van der Waals surface area contributed by atoms with E-state index in [-0.39, 0.29) is 5.16 Å². The fourth-order valence-corrected chi connectivity index (χ4v) is 3.94. The average Bonchev–Trinajstić information content (AvgIpc) is 2.91. The third-order valence-electron chi connectivity index (χ3n) is 4.49. The van der Waals surface area contributed by atoms with E-state index in [0.717, 1.165) is 44.8 Å². The molecule has 0 unspecified atom stereocenters. The van der Waals surface area contributed by atoms with Crippen LogP contribution in [0.4, 0.5) is 0 Å². The van der Waals surface area contributed by atoms with Crippen molar-refractivity contribution in [3.8, 4) is 0 Å². The van der Waals surface area contributed by atoms with Crippen LogP contribution in [0.15, 0.2) is 11.4 Å². The Morgan fingerprint density at radius 2 is 1.92 bits per heavy atom. The first-order valence-electron chi connectivity index (χ1n) is 8.52. The molecule has 24 heavy (non-hydrogen) atoms. The molecule has 1 aromatic rings. The predicted molar refractivity (Wildman–Crippen MR) is 93.8 cm³/mol. The number of sulfone groups is 1. The van der Waals surface area contributed by atoms with Gasteiger partial charge in [0.1, 0.15) is 0 Å². The number of hydrogen-bond donors (Lipinski definition) is 0. The molecule has 7 nitrogen and oxygen atoms in total. The number of ether oxygens (including phenoxy) is 1. The Morgan fingerprint density at radius 1 is 1.25 bits per heavy atom. The molecule has 0 spiro atoms. The second-order valence-electron chi connectivity index (χ2n) is 6.71. The van der Waals surface area contributed by atoms with Crippen LogP contribution in [0.3, 0.4) is 0 Å². The highest BCUT2D eigenvalue weighted by molar-refractivity contribution is 7.90. The first kappa shape index (κ1) is 19.4. The van der Waals surface area contributed by atoms with Gasteiger partial charge in [0.15, 0.2) is 0 Å². The number of imidazole rings is 1. The third kappa shape index (κ3) is 5.02. The lowest BCUT2D eigenvalue weighted by Crippen LogP contribution is -2.48. The Morgan fingerprint density at radius 3 is 2.46 bits per heavy atom. The van der Waals surface area contributed by atoms with Crippen LogP contribution in [0.2, 0.25) is 0 Å². The van der Waals surface area contributed by atoms with Crippen LogP contribution in [0.1, 0.15) is 26.0 Å². The number of piperazine rings is 1. The first-order chi connectivity index (χ1) is 11.3. The zero-order valence-electron chi connectivity index (χ0n) is 15.2. The summed E-state index contributed by atoms with van der Waals surface area (Å²) in [4.78, 5) is 9.01. The first-order valence-corrected chi connectivity index (χ1v) is 10.4. The van der Waals surface area contributed by atoms with Crippen molar-refractivity contribution < 1.29 is 13.2 Å². The fraction of sp³-hybridized carbons (Fsp3) is 0.812. The van der Waals surface area contributed by atoms with Crippen molar-refractivity contribution in [2.45, 2.75) is 44.6 Å². The summed E-state index contributed by atoms with van der Waals surface area (Å²) >= 11 is 0. The Labute approximate surface area is 145 Å². The van der Waals surface area contributed by atoms with Crippen LogP contribution >= 0.6 is 0 Å². The highest BCUT2D eigenvalue weighted by Crippen LogP contribution is 2.16. The molecular formula is C16H30N4O3S. The van der Waals surface area contributed by atoms with E-state index in [1.165, 1.54) is 6.26 Å². The van der Waals surface area contributed by atoms with Gasteiger partial charge in [-0.15, -0.1) is 0 Å². The van der Waals surface area contributed by atoms with Crippen molar-refractivity contribution in [1.29, 1.82) is 0 Å². The van der Waals surface area contributed by atoms with Gasteiger partial charge in [0.05, 0.1) is 11.9 Å².